The summed E-state index contributed by atoms with van der Waals surface area (Å²) in [7, 11) is 0. The molecule has 0 aliphatic heterocycles. The van der Waals surface area contributed by atoms with E-state index in [1.165, 1.54) is 238 Å². The van der Waals surface area contributed by atoms with Crippen LogP contribution in [0.5, 0.6) is 0 Å². The second kappa shape index (κ2) is 51.2. The zero-order chi connectivity index (χ0) is 44.4. The number of amides is 1. The van der Waals surface area contributed by atoms with Crippen LogP contribution in [0, 0.1) is 0 Å². The Morgan fingerprint density at radius 2 is 0.754 bits per heavy atom. The minimum absolute atomic E-state index is 0.00913. The molecular weight excluding hydrogens is 755 g/mol. The molecule has 0 bridgehead atoms. The number of hydrogen-bond donors (Lipinski definition) is 3. The van der Waals surface area contributed by atoms with E-state index >= 15 is 0 Å². The Morgan fingerprint density at radius 1 is 0.443 bits per heavy atom. The molecule has 0 spiro atoms. The lowest BCUT2D eigenvalue weighted by molar-refractivity contribution is -0.143. The summed E-state index contributed by atoms with van der Waals surface area (Å²) < 4.78 is 5.46. The van der Waals surface area contributed by atoms with Crippen LogP contribution in [0.2, 0.25) is 0 Å². The lowest BCUT2D eigenvalue weighted by Gasteiger charge is -2.20. The molecule has 362 valence electrons. The lowest BCUT2D eigenvalue weighted by atomic mass is 10.0. The molecule has 0 saturated carbocycles. The topological polar surface area (TPSA) is 95.9 Å². The first kappa shape index (κ1) is 59.6. The van der Waals surface area contributed by atoms with Crippen LogP contribution < -0.4 is 5.32 Å². The molecule has 61 heavy (non-hydrogen) atoms. The van der Waals surface area contributed by atoms with Crippen molar-refractivity contribution in [2.75, 3.05) is 13.2 Å². The third kappa shape index (κ3) is 47.9. The zero-order valence-corrected chi connectivity index (χ0v) is 41.2. The van der Waals surface area contributed by atoms with Gasteiger partial charge in [0, 0.05) is 12.8 Å². The molecule has 0 aliphatic carbocycles. The van der Waals surface area contributed by atoms with E-state index < -0.39 is 12.1 Å². The van der Waals surface area contributed by atoms with Gasteiger partial charge in [-0.15, -0.1) is 0 Å². The Morgan fingerprint density at radius 3 is 1.11 bits per heavy atom. The van der Waals surface area contributed by atoms with Crippen LogP contribution in [0.4, 0.5) is 0 Å². The number of esters is 1. The number of rotatable bonds is 51. The molecule has 0 saturated heterocycles. The van der Waals surface area contributed by atoms with Crippen molar-refractivity contribution in [2.24, 2.45) is 0 Å². The molecule has 3 N–H and O–H groups in total. The third-order valence-electron chi connectivity index (χ3n) is 12.8. The first-order chi connectivity index (χ1) is 30.0. The van der Waals surface area contributed by atoms with Crippen molar-refractivity contribution in [2.45, 2.75) is 315 Å². The summed E-state index contributed by atoms with van der Waals surface area (Å²) in [6.45, 7) is 4.90. The smallest absolute Gasteiger partial charge is 0.305 e. The van der Waals surface area contributed by atoms with Crippen LogP contribution in [0.3, 0.4) is 0 Å². The van der Waals surface area contributed by atoms with Crippen molar-refractivity contribution < 1.29 is 24.5 Å². The van der Waals surface area contributed by atoms with Crippen molar-refractivity contribution in [3.63, 3.8) is 0 Å². The van der Waals surface area contributed by atoms with E-state index in [4.69, 9.17) is 4.74 Å². The first-order valence-corrected chi connectivity index (χ1v) is 27.5. The van der Waals surface area contributed by atoms with Crippen LogP contribution in [0.15, 0.2) is 12.2 Å². The molecule has 0 aromatic carbocycles. The molecule has 1 amide bonds. The van der Waals surface area contributed by atoms with E-state index in [9.17, 15) is 19.8 Å². The van der Waals surface area contributed by atoms with Crippen LogP contribution in [-0.4, -0.2) is 47.4 Å². The van der Waals surface area contributed by atoms with Gasteiger partial charge in [0.2, 0.25) is 5.91 Å². The number of aliphatic hydroxyl groups excluding tert-OH is 2. The SMILES string of the molecule is CCCCCCCCCCCCC/C=C/C(O)C(CO)NC(=O)CCCCCCCCCCCCCCCCCCCCCOC(=O)CCCCCCCCCCCCCC. The number of carbonyl (C=O) groups excluding carboxylic acids is 2. The summed E-state index contributed by atoms with van der Waals surface area (Å²) >= 11 is 0. The molecule has 0 aliphatic rings. The highest BCUT2D eigenvalue weighted by molar-refractivity contribution is 5.76. The molecule has 6 nitrogen and oxygen atoms in total. The van der Waals surface area contributed by atoms with Gasteiger partial charge in [-0.2, -0.15) is 0 Å². The molecule has 2 atom stereocenters. The Balaban J connectivity index is 3.41. The molecule has 2 unspecified atom stereocenters. The van der Waals surface area contributed by atoms with Gasteiger partial charge in [0.05, 0.1) is 25.4 Å². The average molecular weight is 862 g/mol. The second-order valence-corrected chi connectivity index (χ2v) is 18.9. The van der Waals surface area contributed by atoms with Crippen LogP contribution >= 0.6 is 0 Å². The number of unbranched alkanes of at least 4 members (excludes halogenated alkanes) is 40. The zero-order valence-electron chi connectivity index (χ0n) is 41.2. The van der Waals surface area contributed by atoms with Gasteiger partial charge in [0.1, 0.15) is 0 Å². The minimum atomic E-state index is -0.844. The highest BCUT2D eigenvalue weighted by atomic mass is 16.5. The number of nitrogens with one attached hydrogen (secondary N) is 1. The Labute approximate surface area is 380 Å². The summed E-state index contributed by atoms with van der Waals surface area (Å²) in [4.78, 5) is 24.4. The minimum Gasteiger partial charge on any atom is -0.466 e. The van der Waals surface area contributed by atoms with E-state index in [0.29, 0.717) is 19.4 Å². The monoisotopic (exact) mass is 862 g/mol. The van der Waals surface area contributed by atoms with E-state index in [0.717, 1.165) is 38.5 Å². The summed E-state index contributed by atoms with van der Waals surface area (Å²) in [5.74, 6) is -0.0610. The molecule has 0 aromatic heterocycles. The molecule has 0 radical (unpaired) electrons. The summed E-state index contributed by atoms with van der Waals surface area (Å²) in [5.41, 5.74) is 0. The van der Waals surface area contributed by atoms with Gasteiger partial charge >= 0.3 is 5.97 Å². The number of hydrogen-bond acceptors (Lipinski definition) is 5. The largest absolute Gasteiger partial charge is 0.466 e. The van der Waals surface area contributed by atoms with Crippen molar-refractivity contribution in [3.05, 3.63) is 12.2 Å². The predicted octanol–water partition coefficient (Wildman–Crippen LogP) is 16.5. The molecule has 0 aromatic rings. The Hall–Kier alpha value is -1.40. The fourth-order valence-electron chi connectivity index (χ4n) is 8.58. The van der Waals surface area contributed by atoms with Crippen molar-refractivity contribution in [1.82, 2.24) is 5.32 Å². The van der Waals surface area contributed by atoms with E-state index in [2.05, 4.69) is 19.2 Å². The van der Waals surface area contributed by atoms with Gasteiger partial charge in [-0.3, -0.25) is 9.59 Å². The van der Waals surface area contributed by atoms with Gasteiger partial charge in [0.15, 0.2) is 0 Å². The molecule has 0 fully saturated rings. The van der Waals surface area contributed by atoms with Crippen molar-refractivity contribution >= 4 is 11.9 Å². The summed E-state index contributed by atoms with van der Waals surface area (Å²) in [5, 5.41) is 23.0. The highest BCUT2D eigenvalue weighted by Crippen LogP contribution is 2.17. The average Bonchev–Trinajstić information content (AvgIpc) is 3.26. The molecule has 0 heterocycles. The number of aliphatic hydroxyl groups is 2. The third-order valence-corrected chi connectivity index (χ3v) is 12.8. The molecule has 6 heteroatoms. The Bertz CT molecular complexity index is 909. The summed E-state index contributed by atoms with van der Waals surface area (Å²) in [6, 6.07) is -0.628. The standard InChI is InChI=1S/C55H107NO5/c1-3-5-7-9-11-13-15-24-27-31-35-39-43-47-53(58)52(51-57)56-54(59)48-44-40-36-32-28-25-22-20-18-17-19-21-23-26-30-34-38-42-46-50-61-55(60)49-45-41-37-33-29-16-14-12-10-8-6-4-2/h43,47,52-53,57-58H,3-42,44-46,48-51H2,1-2H3,(H,56,59)/b47-43+. The quantitative estimate of drug-likeness (QED) is 0.0322. The van der Waals surface area contributed by atoms with Crippen LogP contribution in [0.1, 0.15) is 303 Å². The fraction of sp³-hybridized carbons (Fsp3) is 0.927. The van der Waals surface area contributed by atoms with Gasteiger partial charge in [-0.1, -0.05) is 270 Å². The Kier molecular flexibility index (Phi) is 50.1. The number of carbonyl (C=O) groups is 2. The van der Waals surface area contributed by atoms with E-state index in [1.54, 1.807) is 6.08 Å². The van der Waals surface area contributed by atoms with Crippen molar-refractivity contribution in [1.29, 1.82) is 0 Å². The predicted molar refractivity (Wildman–Crippen MR) is 264 cm³/mol. The second-order valence-electron chi connectivity index (χ2n) is 18.9. The van der Waals surface area contributed by atoms with E-state index in [-0.39, 0.29) is 18.5 Å². The van der Waals surface area contributed by atoms with Gasteiger partial charge < -0.3 is 20.3 Å². The number of allylic oxidation sites excluding steroid dienone is 1. The van der Waals surface area contributed by atoms with Gasteiger partial charge in [-0.05, 0) is 32.1 Å². The first-order valence-electron chi connectivity index (χ1n) is 27.5. The maximum Gasteiger partial charge on any atom is 0.305 e. The lowest BCUT2D eigenvalue weighted by Crippen LogP contribution is -2.45. The summed E-state index contributed by atoms with van der Waals surface area (Å²) in [6.07, 6.45) is 59.4. The van der Waals surface area contributed by atoms with Crippen molar-refractivity contribution in [3.8, 4) is 0 Å². The van der Waals surface area contributed by atoms with Gasteiger partial charge in [-0.25, -0.2) is 0 Å². The maximum atomic E-state index is 12.4. The van der Waals surface area contributed by atoms with Gasteiger partial charge in [0.25, 0.3) is 0 Å². The number of ether oxygens (including phenoxy) is 1. The van der Waals surface area contributed by atoms with E-state index in [1.807, 2.05) is 6.08 Å². The normalized spacial score (nSPS) is 12.7. The maximum absolute atomic E-state index is 12.4. The van der Waals surface area contributed by atoms with Crippen LogP contribution in [-0.2, 0) is 14.3 Å². The fourth-order valence-corrected chi connectivity index (χ4v) is 8.58. The molecular formula is C55H107NO5. The molecule has 0 rings (SSSR count). The van der Waals surface area contributed by atoms with Crippen LogP contribution in [0.25, 0.3) is 0 Å². The highest BCUT2D eigenvalue weighted by Gasteiger charge is 2.18.